The zero-order valence-electron chi connectivity index (χ0n) is 4.68. The quantitative estimate of drug-likeness (QED) is 0.343. The minimum absolute atomic E-state index is 0.667. The molecule has 0 radical (unpaired) electrons. The summed E-state index contributed by atoms with van der Waals surface area (Å²) in [6.45, 7) is 0.900. The lowest BCUT2D eigenvalue weighted by atomic mass is 10.9. The van der Waals surface area contributed by atoms with Crippen molar-refractivity contribution < 1.29 is 8.89 Å². The van der Waals surface area contributed by atoms with Crippen molar-refractivity contribution in [1.29, 1.82) is 0 Å². The molecule has 0 unspecified atom stereocenters. The van der Waals surface area contributed by atoms with Crippen molar-refractivity contribution in [3.63, 3.8) is 0 Å². The fraction of sp³-hybridized carbons (Fsp3) is 1.00. The molecule has 0 aromatic heterocycles. The van der Waals surface area contributed by atoms with E-state index in [1.54, 1.807) is 0 Å². The van der Waals surface area contributed by atoms with Crippen molar-refractivity contribution in [1.82, 2.24) is 0 Å². The molecule has 1 heterocycles. The second-order valence-corrected chi connectivity index (χ2v) is 3.46. The Morgan fingerprint density at radius 2 is 2.29 bits per heavy atom. The third kappa shape index (κ3) is 1.33. The summed E-state index contributed by atoms with van der Waals surface area (Å²) in [5.74, 6) is 1.13. The molecule has 7 heavy (non-hydrogen) atoms. The first-order chi connectivity index (χ1) is 3.21. The molecule has 1 fully saturated rings. The first-order valence-electron chi connectivity index (χ1n) is 2.34. The summed E-state index contributed by atoms with van der Waals surface area (Å²) < 4.78 is 0.667. The number of hydrogen-bond donors (Lipinski definition) is 0. The lowest BCUT2D eigenvalue weighted by Gasteiger charge is -2.14. The second-order valence-electron chi connectivity index (χ2n) is 1.92. The van der Waals surface area contributed by atoms with Crippen LogP contribution in [0.2, 0.25) is 0 Å². The van der Waals surface area contributed by atoms with E-state index in [1.807, 2.05) is 26.0 Å². The molecule has 0 aromatic rings. The van der Waals surface area contributed by atoms with Gasteiger partial charge in [0.15, 0.2) is 0 Å². The highest BCUT2D eigenvalue weighted by atomic mass is 32.2. The molecule has 0 atom stereocenters. The van der Waals surface area contributed by atoms with E-state index in [2.05, 4.69) is 0 Å². The summed E-state index contributed by atoms with van der Waals surface area (Å²) in [5, 5.41) is 0. The third-order valence-electron chi connectivity index (χ3n) is 0.888. The fourth-order valence-electron chi connectivity index (χ4n) is 0.551. The molecule has 1 rings (SSSR count). The average molecular weight is 120 g/mol. The third-order valence-corrected chi connectivity index (χ3v) is 1.96. The summed E-state index contributed by atoms with van der Waals surface area (Å²) >= 11 is 1.81. The van der Waals surface area contributed by atoms with Crippen molar-refractivity contribution >= 4 is 11.9 Å². The molecule has 0 saturated carbocycles. The van der Waals surface area contributed by atoms with Gasteiger partial charge in [-0.15, -0.1) is 4.05 Å². The van der Waals surface area contributed by atoms with E-state index in [1.165, 1.54) is 0 Å². The molecule has 0 amide bonds. The van der Waals surface area contributed by atoms with Gasteiger partial charge in [-0.3, -0.25) is 0 Å². The molecule has 1 aliphatic rings. The predicted molar refractivity (Wildman–Crippen MR) is 30.5 cm³/mol. The Labute approximate surface area is 48.1 Å². The van der Waals surface area contributed by atoms with Crippen LogP contribution in [0.4, 0.5) is 0 Å². The number of nitrogens with zero attached hydrogens (tertiary/aromatic N) is 1. The molecule has 1 saturated heterocycles. The monoisotopic (exact) mass is 120 g/mol. The van der Waals surface area contributed by atoms with Gasteiger partial charge in [0, 0.05) is 0 Å². The SMILES string of the molecule is C[N+]1(C)OCCS1. The molecule has 0 aromatic carbocycles. The van der Waals surface area contributed by atoms with Crippen molar-refractivity contribution in [2.45, 2.75) is 0 Å². The highest BCUT2D eigenvalue weighted by molar-refractivity contribution is 7.93. The minimum atomic E-state index is 0.667. The largest absolute Gasteiger partial charge is 0.190 e. The summed E-state index contributed by atoms with van der Waals surface area (Å²) in [6.07, 6.45) is 0. The number of quaternary nitrogens is 1. The normalized spacial score (nSPS) is 28.3. The first kappa shape index (κ1) is 5.41. The number of hydrogen-bond acceptors (Lipinski definition) is 2. The minimum Gasteiger partial charge on any atom is -0.190 e. The van der Waals surface area contributed by atoms with Gasteiger partial charge >= 0.3 is 0 Å². The predicted octanol–water partition coefficient (Wildman–Crippen LogP) is 0.656. The molecule has 42 valence electrons. The molecule has 0 N–H and O–H groups in total. The first-order valence-corrected chi connectivity index (χ1v) is 3.28. The van der Waals surface area contributed by atoms with E-state index in [0.717, 1.165) is 12.4 Å². The Bertz CT molecular complexity index is 66.1. The molecule has 1 aliphatic heterocycles. The smallest absolute Gasteiger partial charge is 0.122 e. The van der Waals surface area contributed by atoms with E-state index >= 15 is 0 Å². The van der Waals surface area contributed by atoms with E-state index in [4.69, 9.17) is 4.84 Å². The Morgan fingerprint density at radius 3 is 2.43 bits per heavy atom. The lowest BCUT2D eigenvalue weighted by molar-refractivity contribution is -0.958. The lowest BCUT2D eigenvalue weighted by Crippen LogP contribution is -2.25. The van der Waals surface area contributed by atoms with Crippen LogP contribution in [0.1, 0.15) is 0 Å². The molecule has 0 spiro atoms. The van der Waals surface area contributed by atoms with Crippen molar-refractivity contribution in [2.75, 3.05) is 26.5 Å². The van der Waals surface area contributed by atoms with Gasteiger partial charge < -0.3 is 0 Å². The van der Waals surface area contributed by atoms with Gasteiger partial charge in [-0.05, 0) is 0 Å². The molecular weight excluding hydrogens is 110 g/mol. The van der Waals surface area contributed by atoms with Crippen LogP contribution in [0.15, 0.2) is 0 Å². The van der Waals surface area contributed by atoms with Crippen LogP contribution < -0.4 is 0 Å². The van der Waals surface area contributed by atoms with Crippen LogP contribution in [0, 0.1) is 0 Å². The summed E-state index contributed by atoms with van der Waals surface area (Å²) in [4.78, 5) is 5.24. The van der Waals surface area contributed by atoms with Gasteiger partial charge in [-0.1, -0.05) is 0 Å². The molecule has 0 aliphatic carbocycles. The standard InChI is InChI=1S/C4H10NOS/c1-5(2)6-3-4-7-5/h3-4H2,1-2H3/q+1. The van der Waals surface area contributed by atoms with E-state index < -0.39 is 0 Å². The van der Waals surface area contributed by atoms with Gasteiger partial charge in [0.05, 0.1) is 5.75 Å². The molecule has 3 heteroatoms. The van der Waals surface area contributed by atoms with Gasteiger partial charge in [0.2, 0.25) is 0 Å². The maximum absolute atomic E-state index is 5.24. The summed E-state index contributed by atoms with van der Waals surface area (Å²) in [5.41, 5.74) is 0. The Balaban J connectivity index is 2.40. The Hall–Kier alpha value is 0.270. The highest BCUT2D eigenvalue weighted by Gasteiger charge is 2.25. The number of rotatable bonds is 0. The van der Waals surface area contributed by atoms with E-state index in [0.29, 0.717) is 4.05 Å². The van der Waals surface area contributed by atoms with Crippen LogP contribution >= 0.6 is 11.9 Å². The topological polar surface area (TPSA) is 9.23 Å². The van der Waals surface area contributed by atoms with Crippen LogP contribution in [0.5, 0.6) is 0 Å². The zero-order chi connectivity index (χ0) is 5.33. The van der Waals surface area contributed by atoms with Crippen LogP contribution in [-0.2, 0) is 4.84 Å². The molecule has 2 nitrogen and oxygen atoms in total. The van der Waals surface area contributed by atoms with Crippen LogP contribution in [-0.4, -0.2) is 30.5 Å². The zero-order valence-corrected chi connectivity index (χ0v) is 5.49. The summed E-state index contributed by atoms with van der Waals surface area (Å²) in [6, 6.07) is 0. The highest BCUT2D eigenvalue weighted by Crippen LogP contribution is 2.22. The van der Waals surface area contributed by atoms with Crippen molar-refractivity contribution in [3.05, 3.63) is 0 Å². The second kappa shape index (κ2) is 1.65. The molecular formula is C4H10NOS+. The van der Waals surface area contributed by atoms with E-state index in [-0.39, 0.29) is 0 Å². The van der Waals surface area contributed by atoms with Gasteiger partial charge in [0.25, 0.3) is 0 Å². The van der Waals surface area contributed by atoms with Gasteiger partial charge in [0.1, 0.15) is 32.7 Å². The van der Waals surface area contributed by atoms with Crippen LogP contribution in [0.25, 0.3) is 0 Å². The average Bonchev–Trinajstić information content (AvgIpc) is 1.84. The maximum atomic E-state index is 5.24. The number of hydroxylamine groups is 2. The fourth-order valence-corrected chi connectivity index (χ4v) is 1.29. The van der Waals surface area contributed by atoms with Crippen LogP contribution in [0.3, 0.4) is 0 Å². The molecule has 0 bridgehead atoms. The van der Waals surface area contributed by atoms with E-state index in [9.17, 15) is 0 Å². The van der Waals surface area contributed by atoms with Gasteiger partial charge in [-0.25, -0.2) is 0 Å². The maximum Gasteiger partial charge on any atom is 0.122 e. The van der Waals surface area contributed by atoms with Crippen molar-refractivity contribution in [2.24, 2.45) is 0 Å². The Morgan fingerprint density at radius 1 is 1.57 bits per heavy atom. The summed E-state index contributed by atoms with van der Waals surface area (Å²) in [7, 11) is 4.08. The van der Waals surface area contributed by atoms with Gasteiger partial charge in [-0.2, -0.15) is 4.84 Å². The Kier molecular flexibility index (Phi) is 1.28. The van der Waals surface area contributed by atoms with Crippen molar-refractivity contribution in [3.8, 4) is 0 Å².